The maximum absolute atomic E-state index is 13.4. The molecule has 0 saturated heterocycles. The fourth-order valence-electron chi connectivity index (χ4n) is 2.01. The van der Waals surface area contributed by atoms with Crippen LogP contribution in [-0.4, -0.2) is 19.8 Å². The molecule has 0 heterocycles. The molecule has 18 heavy (non-hydrogen) atoms. The number of hydrogen-bond donors (Lipinski definition) is 2. The summed E-state index contributed by atoms with van der Waals surface area (Å²) in [5.41, 5.74) is 3.35. The summed E-state index contributed by atoms with van der Waals surface area (Å²) in [6.45, 7) is 4.49. The third-order valence-electron chi connectivity index (χ3n) is 2.86. The van der Waals surface area contributed by atoms with E-state index < -0.39 is 0 Å². The van der Waals surface area contributed by atoms with Gasteiger partial charge in [0.1, 0.15) is 11.6 Å². The minimum atomic E-state index is -0.322. The van der Waals surface area contributed by atoms with Crippen LogP contribution in [0.5, 0.6) is 5.75 Å². The molecule has 2 unspecified atom stereocenters. The molecular weight excluding hydrogens is 235 g/mol. The van der Waals surface area contributed by atoms with E-state index in [9.17, 15) is 4.39 Å². The highest BCUT2D eigenvalue weighted by atomic mass is 19.1. The molecule has 1 aromatic rings. The predicted molar refractivity (Wildman–Crippen MR) is 68.7 cm³/mol. The molecule has 5 heteroatoms. The first-order chi connectivity index (χ1) is 8.67. The smallest absolute Gasteiger partial charge is 0.123 e. The average molecular weight is 256 g/mol. The van der Waals surface area contributed by atoms with Crippen molar-refractivity contribution in [1.29, 1.82) is 0 Å². The number of rotatable bonds is 7. The van der Waals surface area contributed by atoms with Crippen molar-refractivity contribution in [3.63, 3.8) is 0 Å². The fourth-order valence-corrected chi connectivity index (χ4v) is 2.01. The van der Waals surface area contributed by atoms with Gasteiger partial charge in [-0.15, -0.1) is 0 Å². The van der Waals surface area contributed by atoms with Gasteiger partial charge in [0.05, 0.1) is 19.3 Å². The molecule has 4 nitrogen and oxygen atoms in total. The van der Waals surface area contributed by atoms with Crippen molar-refractivity contribution in [3.05, 3.63) is 29.6 Å². The molecule has 0 amide bonds. The Labute approximate surface area is 107 Å². The molecule has 0 fully saturated rings. The lowest BCUT2D eigenvalue weighted by atomic mass is 9.99. The number of nitrogens with one attached hydrogen (secondary N) is 1. The molecule has 1 rings (SSSR count). The van der Waals surface area contributed by atoms with Gasteiger partial charge in [-0.2, -0.15) is 0 Å². The van der Waals surface area contributed by atoms with E-state index in [2.05, 4.69) is 5.43 Å². The molecule has 0 aliphatic carbocycles. The van der Waals surface area contributed by atoms with Gasteiger partial charge in [0, 0.05) is 12.2 Å². The van der Waals surface area contributed by atoms with Crippen molar-refractivity contribution in [3.8, 4) is 5.75 Å². The minimum Gasteiger partial charge on any atom is -0.496 e. The van der Waals surface area contributed by atoms with Gasteiger partial charge < -0.3 is 9.47 Å². The summed E-state index contributed by atoms with van der Waals surface area (Å²) in [7, 11) is 1.55. The van der Waals surface area contributed by atoms with Crippen LogP contribution >= 0.6 is 0 Å². The van der Waals surface area contributed by atoms with E-state index in [0.29, 0.717) is 17.9 Å². The lowest BCUT2D eigenvalue weighted by Crippen LogP contribution is -2.38. The van der Waals surface area contributed by atoms with Gasteiger partial charge in [0.15, 0.2) is 0 Å². The van der Waals surface area contributed by atoms with Gasteiger partial charge in [-0.1, -0.05) is 6.92 Å². The van der Waals surface area contributed by atoms with E-state index in [4.69, 9.17) is 15.3 Å². The van der Waals surface area contributed by atoms with Crippen molar-refractivity contribution in [2.75, 3.05) is 13.7 Å². The lowest BCUT2D eigenvalue weighted by molar-refractivity contribution is 0.0307. The monoisotopic (exact) mass is 256 g/mol. The summed E-state index contributed by atoms with van der Waals surface area (Å²) in [5, 5.41) is 0. The Morgan fingerprint density at radius 1 is 1.39 bits per heavy atom. The zero-order valence-corrected chi connectivity index (χ0v) is 11.1. The lowest BCUT2D eigenvalue weighted by Gasteiger charge is -2.27. The molecule has 0 bridgehead atoms. The van der Waals surface area contributed by atoms with Gasteiger partial charge in [-0.25, -0.2) is 4.39 Å². The van der Waals surface area contributed by atoms with Crippen LogP contribution in [0.1, 0.15) is 31.9 Å². The Morgan fingerprint density at radius 2 is 2.11 bits per heavy atom. The van der Waals surface area contributed by atoms with E-state index in [1.165, 1.54) is 12.1 Å². The van der Waals surface area contributed by atoms with Gasteiger partial charge in [-0.05, 0) is 31.5 Å². The molecule has 0 saturated carbocycles. The van der Waals surface area contributed by atoms with Crippen LogP contribution in [0.25, 0.3) is 0 Å². The Balaban J connectivity index is 3.09. The van der Waals surface area contributed by atoms with E-state index in [-0.39, 0.29) is 18.0 Å². The first-order valence-electron chi connectivity index (χ1n) is 6.09. The SMILES string of the molecule is CCOC(CC)C(NN)c1cc(F)ccc1OC. The molecule has 102 valence electrons. The highest BCUT2D eigenvalue weighted by molar-refractivity contribution is 5.37. The first-order valence-corrected chi connectivity index (χ1v) is 6.09. The predicted octanol–water partition coefficient (Wildman–Crippen LogP) is 2.15. The summed E-state index contributed by atoms with van der Waals surface area (Å²) in [4.78, 5) is 0. The van der Waals surface area contributed by atoms with Crippen molar-refractivity contribution in [2.45, 2.75) is 32.4 Å². The topological polar surface area (TPSA) is 56.5 Å². The summed E-state index contributed by atoms with van der Waals surface area (Å²) in [5.74, 6) is 5.85. The van der Waals surface area contributed by atoms with Gasteiger partial charge in [0.25, 0.3) is 0 Å². The zero-order chi connectivity index (χ0) is 13.5. The Hall–Kier alpha value is -1.17. The van der Waals surface area contributed by atoms with Gasteiger partial charge >= 0.3 is 0 Å². The molecule has 3 N–H and O–H groups in total. The zero-order valence-electron chi connectivity index (χ0n) is 11.1. The third-order valence-corrected chi connectivity index (χ3v) is 2.86. The van der Waals surface area contributed by atoms with Crippen molar-refractivity contribution in [2.24, 2.45) is 5.84 Å². The number of ether oxygens (including phenoxy) is 2. The van der Waals surface area contributed by atoms with Crippen LogP contribution < -0.4 is 16.0 Å². The highest BCUT2D eigenvalue weighted by Gasteiger charge is 2.24. The summed E-state index contributed by atoms with van der Waals surface area (Å²) < 4.78 is 24.2. The van der Waals surface area contributed by atoms with E-state index in [1.807, 2.05) is 13.8 Å². The third kappa shape index (κ3) is 3.41. The summed E-state index contributed by atoms with van der Waals surface area (Å²) in [6.07, 6.45) is 0.637. The van der Waals surface area contributed by atoms with Crippen molar-refractivity contribution >= 4 is 0 Å². The maximum atomic E-state index is 13.4. The Kier molecular flexibility index (Phi) is 6.04. The van der Waals surface area contributed by atoms with E-state index in [1.54, 1.807) is 13.2 Å². The fraction of sp³-hybridized carbons (Fsp3) is 0.538. The van der Waals surface area contributed by atoms with Gasteiger partial charge in [-0.3, -0.25) is 11.3 Å². The highest BCUT2D eigenvalue weighted by Crippen LogP contribution is 2.30. The summed E-state index contributed by atoms with van der Waals surface area (Å²) >= 11 is 0. The number of benzene rings is 1. The average Bonchev–Trinajstić information content (AvgIpc) is 2.39. The maximum Gasteiger partial charge on any atom is 0.123 e. The number of methoxy groups -OCH3 is 1. The second kappa shape index (κ2) is 7.31. The van der Waals surface area contributed by atoms with Crippen molar-refractivity contribution in [1.82, 2.24) is 5.43 Å². The molecule has 0 aliphatic heterocycles. The molecule has 2 atom stereocenters. The van der Waals surface area contributed by atoms with Crippen LogP contribution in [0.2, 0.25) is 0 Å². The Morgan fingerprint density at radius 3 is 2.61 bits per heavy atom. The Bertz CT molecular complexity index is 374. The minimum absolute atomic E-state index is 0.129. The van der Waals surface area contributed by atoms with Crippen LogP contribution in [0.4, 0.5) is 4.39 Å². The van der Waals surface area contributed by atoms with Crippen LogP contribution in [0.3, 0.4) is 0 Å². The molecule has 0 spiro atoms. The van der Waals surface area contributed by atoms with Crippen LogP contribution in [0.15, 0.2) is 18.2 Å². The molecule has 1 aromatic carbocycles. The van der Waals surface area contributed by atoms with E-state index >= 15 is 0 Å². The number of hydrogen-bond acceptors (Lipinski definition) is 4. The second-order valence-corrected chi connectivity index (χ2v) is 3.93. The van der Waals surface area contributed by atoms with Crippen molar-refractivity contribution < 1.29 is 13.9 Å². The number of nitrogens with two attached hydrogens (primary N) is 1. The second-order valence-electron chi connectivity index (χ2n) is 3.93. The number of halogens is 1. The normalized spacial score (nSPS) is 14.3. The summed E-state index contributed by atoms with van der Waals surface area (Å²) in [6, 6.07) is 4.07. The molecule has 0 radical (unpaired) electrons. The quantitative estimate of drug-likeness (QED) is 0.580. The van der Waals surface area contributed by atoms with Crippen LogP contribution in [-0.2, 0) is 4.74 Å². The first kappa shape index (κ1) is 14.9. The molecule has 0 aliphatic rings. The molecule has 0 aromatic heterocycles. The van der Waals surface area contributed by atoms with Crippen LogP contribution in [0, 0.1) is 5.82 Å². The molecular formula is C13H21FN2O2. The van der Waals surface area contributed by atoms with E-state index in [0.717, 1.165) is 6.42 Å². The standard InChI is InChI=1S/C13H21FN2O2/c1-4-11(18-5-2)13(16-15)10-8-9(14)6-7-12(10)17-3/h6-8,11,13,16H,4-5,15H2,1-3H3. The number of hydrazine groups is 1. The van der Waals surface area contributed by atoms with Gasteiger partial charge in [0.2, 0.25) is 0 Å². The largest absolute Gasteiger partial charge is 0.496 e.